The molecule has 2 heterocycles. The van der Waals surface area contributed by atoms with E-state index in [-0.39, 0.29) is 17.9 Å². The zero-order valence-electron chi connectivity index (χ0n) is 15.4. The van der Waals surface area contributed by atoms with Crippen molar-refractivity contribution in [3.8, 4) is 5.88 Å². The van der Waals surface area contributed by atoms with E-state index in [1.807, 2.05) is 0 Å². The molecular weight excluding hydrogens is 349 g/mol. The highest BCUT2D eigenvalue weighted by molar-refractivity contribution is 5.94. The molecule has 1 aliphatic heterocycles. The summed E-state index contributed by atoms with van der Waals surface area (Å²) >= 11 is 0. The second-order valence-electron chi connectivity index (χ2n) is 6.70. The Morgan fingerprint density at radius 3 is 2.48 bits per heavy atom. The van der Waals surface area contributed by atoms with Crippen molar-refractivity contribution in [1.82, 2.24) is 14.8 Å². The Hall–Kier alpha value is -2.96. The molecule has 1 aromatic carbocycles. The standard InChI is InChI=1S/C20H22FN3O3/c1-23(2)19(25)15-6-7-18(22-13-15)27-17-8-10-24(11-9-17)20(26)14-4-3-5-16(21)12-14/h3-7,12-13,17H,8-11H2,1-2H3. The van der Waals surface area contributed by atoms with Crippen LogP contribution >= 0.6 is 0 Å². The van der Waals surface area contributed by atoms with E-state index in [9.17, 15) is 14.0 Å². The molecule has 0 N–H and O–H groups in total. The zero-order chi connectivity index (χ0) is 19.4. The van der Waals surface area contributed by atoms with E-state index in [0.29, 0.717) is 42.9 Å². The van der Waals surface area contributed by atoms with Crippen molar-refractivity contribution in [1.29, 1.82) is 0 Å². The van der Waals surface area contributed by atoms with E-state index >= 15 is 0 Å². The molecule has 1 fully saturated rings. The molecule has 0 atom stereocenters. The van der Waals surface area contributed by atoms with Gasteiger partial charge >= 0.3 is 0 Å². The first-order chi connectivity index (χ1) is 12.9. The summed E-state index contributed by atoms with van der Waals surface area (Å²) in [5.74, 6) is -0.239. The molecule has 2 aromatic rings. The summed E-state index contributed by atoms with van der Waals surface area (Å²) < 4.78 is 19.2. The van der Waals surface area contributed by atoms with Gasteiger partial charge in [0.1, 0.15) is 11.9 Å². The molecule has 7 heteroatoms. The van der Waals surface area contributed by atoms with E-state index < -0.39 is 5.82 Å². The van der Waals surface area contributed by atoms with Gasteiger partial charge in [0, 0.05) is 57.9 Å². The van der Waals surface area contributed by atoms with Gasteiger partial charge in [-0.3, -0.25) is 9.59 Å². The predicted molar refractivity (Wildman–Crippen MR) is 98.2 cm³/mol. The maximum atomic E-state index is 13.3. The van der Waals surface area contributed by atoms with Crippen LogP contribution in [0.3, 0.4) is 0 Å². The maximum absolute atomic E-state index is 13.3. The number of ether oxygens (including phenoxy) is 1. The number of likely N-dealkylation sites (tertiary alicyclic amines) is 1. The Morgan fingerprint density at radius 1 is 1.15 bits per heavy atom. The molecule has 0 saturated carbocycles. The Morgan fingerprint density at radius 2 is 1.89 bits per heavy atom. The van der Waals surface area contributed by atoms with E-state index in [4.69, 9.17) is 4.74 Å². The van der Waals surface area contributed by atoms with Crippen LogP contribution in [0.2, 0.25) is 0 Å². The minimum atomic E-state index is -0.415. The SMILES string of the molecule is CN(C)C(=O)c1ccc(OC2CCN(C(=O)c3cccc(F)c3)CC2)nc1. The van der Waals surface area contributed by atoms with Gasteiger partial charge in [0.15, 0.2) is 0 Å². The number of carbonyl (C=O) groups excluding carboxylic acids is 2. The minimum absolute atomic E-state index is 0.0514. The third-order valence-electron chi connectivity index (χ3n) is 4.48. The van der Waals surface area contributed by atoms with Crippen LogP contribution < -0.4 is 4.74 Å². The molecule has 3 rings (SSSR count). The average Bonchev–Trinajstić information content (AvgIpc) is 2.68. The van der Waals surface area contributed by atoms with Gasteiger partial charge in [-0.15, -0.1) is 0 Å². The first-order valence-corrected chi connectivity index (χ1v) is 8.83. The van der Waals surface area contributed by atoms with Crippen molar-refractivity contribution in [2.75, 3.05) is 27.2 Å². The number of pyridine rings is 1. The first kappa shape index (κ1) is 18.8. The topological polar surface area (TPSA) is 62.7 Å². The lowest BCUT2D eigenvalue weighted by Gasteiger charge is -2.32. The van der Waals surface area contributed by atoms with E-state index in [1.165, 1.54) is 29.3 Å². The van der Waals surface area contributed by atoms with E-state index in [0.717, 1.165) is 0 Å². The highest BCUT2D eigenvalue weighted by Crippen LogP contribution is 2.19. The molecule has 0 bridgehead atoms. The quantitative estimate of drug-likeness (QED) is 0.829. The van der Waals surface area contributed by atoms with Crippen molar-refractivity contribution >= 4 is 11.8 Å². The molecule has 0 unspecified atom stereocenters. The smallest absolute Gasteiger partial charge is 0.254 e. The van der Waals surface area contributed by atoms with Gasteiger partial charge < -0.3 is 14.5 Å². The highest BCUT2D eigenvalue weighted by Gasteiger charge is 2.25. The van der Waals surface area contributed by atoms with Gasteiger partial charge in [-0.1, -0.05) is 6.07 Å². The Kier molecular flexibility index (Phi) is 5.69. The van der Waals surface area contributed by atoms with Gasteiger partial charge in [0.25, 0.3) is 11.8 Å². The zero-order valence-corrected chi connectivity index (χ0v) is 15.4. The highest BCUT2D eigenvalue weighted by atomic mass is 19.1. The molecular formula is C20H22FN3O3. The van der Waals surface area contributed by atoms with Crippen molar-refractivity contribution in [2.24, 2.45) is 0 Å². The number of halogens is 1. The average molecular weight is 371 g/mol. The van der Waals surface area contributed by atoms with Crippen LogP contribution in [0, 0.1) is 5.82 Å². The molecule has 1 saturated heterocycles. The van der Waals surface area contributed by atoms with Crippen LogP contribution in [0.1, 0.15) is 33.6 Å². The van der Waals surface area contributed by atoms with Crippen LogP contribution in [-0.4, -0.2) is 59.9 Å². The van der Waals surface area contributed by atoms with Gasteiger partial charge in [-0.2, -0.15) is 0 Å². The van der Waals surface area contributed by atoms with Crippen LogP contribution in [0.5, 0.6) is 5.88 Å². The fourth-order valence-electron chi connectivity index (χ4n) is 2.99. The summed E-state index contributed by atoms with van der Waals surface area (Å²) in [5.41, 5.74) is 0.861. The number of nitrogens with zero attached hydrogens (tertiary/aromatic N) is 3. The molecule has 0 radical (unpaired) electrons. The fraction of sp³-hybridized carbons (Fsp3) is 0.350. The van der Waals surface area contributed by atoms with Gasteiger partial charge in [-0.25, -0.2) is 9.37 Å². The maximum Gasteiger partial charge on any atom is 0.254 e. The van der Waals surface area contributed by atoms with Crippen molar-refractivity contribution in [2.45, 2.75) is 18.9 Å². The summed E-state index contributed by atoms with van der Waals surface area (Å²) in [6.45, 7) is 1.08. The third kappa shape index (κ3) is 4.61. The summed E-state index contributed by atoms with van der Waals surface area (Å²) in [4.78, 5) is 31.7. The van der Waals surface area contributed by atoms with Gasteiger partial charge in [0.2, 0.25) is 5.88 Å². The van der Waals surface area contributed by atoms with Gasteiger partial charge in [-0.05, 0) is 24.3 Å². The lowest BCUT2D eigenvalue weighted by Crippen LogP contribution is -2.41. The number of hydrogen-bond acceptors (Lipinski definition) is 4. The second kappa shape index (κ2) is 8.16. The summed E-state index contributed by atoms with van der Waals surface area (Å²) in [5, 5.41) is 0. The summed E-state index contributed by atoms with van der Waals surface area (Å²) in [6, 6.07) is 9.10. The molecule has 1 aliphatic rings. The number of aromatic nitrogens is 1. The largest absolute Gasteiger partial charge is 0.474 e. The Balaban J connectivity index is 1.53. The van der Waals surface area contributed by atoms with Crippen LogP contribution in [-0.2, 0) is 0 Å². The molecule has 0 aliphatic carbocycles. The predicted octanol–water partition coefficient (Wildman–Crippen LogP) is 2.61. The van der Waals surface area contributed by atoms with E-state index in [1.54, 1.807) is 37.2 Å². The molecule has 0 spiro atoms. The monoisotopic (exact) mass is 371 g/mol. The minimum Gasteiger partial charge on any atom is -0.474 e. The van der Waals surface area contributed by atoms with Gasteiger partial charge in [0.05, 0.1) is 5.56 Å². The number of rotatable bonds is 4. The number of piperidine rings is 1. The van der Waals surface area contributed by atoms with Crippen molar-refractivity contribution < 1.29 is 18.7 Å². The number of carbonyl (C=O) groups is 2. The van der Waals surface area contributed by atoms with Crippen molar-refractivity contribution in [3.05, 3.63) is 59.5 Å². The lowest BCUT2D eigenvalue weighted by molar-refractivity contribution is 0.0587. The second-order valence-corrected chi connectivity index (χ2v) is 6.70. The Bertz CT molecular complexity index is 815. The Labute approximate surface area is 157 Å². The fourth-order valence-corrected chi connectivity index (χ4v) is 2.99. The van der Waals surface area contributed by atoms with Crippen LogP contribution in [0.15, 0.2) is 42.6 Å². The molecule has 6 nitrogen and oxygen atoms in total. The normalized spacial score (nSPS) is 14.7. The third-order valence-corrected chi connectivity index (χ3v) is 4.48. The molecule has 27 heavy (non-hydrogen) atoms. The van der Waals surface area contributed by atoms with Crippen LogP contribution in [0.4, 0.5) is 4.39 Å². The molecule has 1 aromatic heterocycles. The van der Waals surface area contributed by atoms with E-state index in [2.05, 4.69) is 4.98 Å². The van der Waals surface area contributed by atoms with Crippen molar-refractivity contribution in [3.63, 3.8) is 0 Å². The summed E-state index contributed by atoms with van der Waals surface area (Å²) in [7, 11) is 3.37. The number of amides is 2. The number of benzene rings is 1. The summed E-state index contributed by atoms with van der Waals surface area (Å²) in [6.07, 6.45) is 2.78. The molecule has 2 amide bonds. The first-order valence-electron chi connectivity index (χ1n) is 8.83. The number of hydrogen-bond donors (Lipinski definition) is 0. The molecule has 142 valence electrons. The van der Waals surface area contributed by atoms with Crippen LogP contribution in [0.25, 0.3) is 0 Å². The lowest BCUT2D eigenvalue weighted by atomic mass is 10.1.